The second-order valence-corrected chi connectivity index (χ2v) is 6.39. The fourth-order valence-electron chi connectivity index (χ4n) is 2.49. The van der Waals surface area contributed by atoms with Gasteiger partial charge < -0.3 is 20.7 Å². The van der Waals surface area contributed by atoms with Crippen LogP contribution in [0.25, 0.3) is 0 Å². The maximum Gasteiger partial charge on any atom is 0.387 e. The lowest BCUT2D eigenvalue weighted by atomic mass is 10.1. The van der Waals surface area contributed by atoms with Crippen molar-refractivity contribution in [1.82, 2.24) is 16.0 Å². The van der Waals surface area contributed by atoms with E-state index in [0.29, 0.717) is 35.2 Å². The van der Waals surface area contributed by atoms with Crippen molar-refractivity contribution in [2.45, 2.75) is 26.6 Å². The predicted molar refractivity (Wildman–Crippen MR) is 125 cm³/mol. The highest BCUT2D eigenvalue weighted by atomic mass is 127. The number of benzene rings is 2. The highest BCUT2D eigenvalue weighted by Gasteiger charge is 2.11. The van der Waals surface area contributed by atoms with E-state index in [9.17, 15) is 13.6 Å². The molecule has 2 rings (SSSR count). The van der Waals surface area contributed by atoms with Crippen LogP contribution in [-0.2, 0) is 13.1 Å². The fourth-order valence-corrected chi connectivity index (χ4v) is 2.69. The van der Waals surface area contributed by atoms with Crippen LogP contribution in [0.4, 0.5) is 8.78 Å². The first kappa shape index (κ1) is 25.9. The molecule has 30 heavy (non-hydrogen) atoms. The number of amides is 1. The lowest BCUT2D eigenvalue weighted by Crippen LogP contribution is -2.36. The van der Waals surface area contributed by atoms with E-state index < -0.39 is 6.61 Å². The molecule has 2 aromatic rings. The molecule has 2 aromatic carbocycles. The molecule has 0 spiro atoms. The minimum atomic E-state index is -2.92. The number of rotatable bonds is 8. The molecule has 0 heterocycles. The molecule has 0 unspecified atom stereocenters. The van der Waals surface area contributed by atoms with Gasteiger partial charge in [0.2, 0.25) is 0 Å². The minimum absolute atomic E-state index is 0. The van der Waals surface area contributed by atoms with Crippen molar-refractivity contribution in [2.24, 2.45) is 4.99 Å². The molecule has 3 N–H and O–H groups in total. The van der Waals surface area contributed by atoms with E-state index in [1.54, 1.807) is 25.2 Å². The van der Waals surface area contributed by atoms with E-state index in [1.807, 2.05) is 19.1 Å². The number of guanidine groups is 1. The van der Waals surface area contributed by atoms with E-state index in [2.05, 4.69) is 25.7 Å². The predicted octanol–water partition coefficient (Wildman–Crippen LogP) is 4.17. The van der Waals surface area contributed by atoms with Gasteiger partial charge in [-0.3, -0.25) is 4.79 Å². The summed E-state index contributed by atoms with van der Waals surface area (Å²) in [7, 11) is 1.58. The Balaban J connectivity index is 0.00000450. The van der Waals surface area contributed by atoms with E-state index in [4.69, 9.17) is 11.6 Å². The molecule has 0 aliphatic carbocycles. The molecule has 0 fully saturated rings. The summed E-state index contributed by atoms with van der Waals surface area (Å²) in [4.78, 5) is 16.1. The van der Waals surface area contributed by atoms with Gasteiger partial charge in [-0.2, -0.15) is 8.78 Å². The van der Waals surface area contributed by atoms with E-state index in [-0.39, 0.29) is 42.2 Å². The van der Waals surface area contributed by atoms with E-state index >= 15 is 0 Å². The number of alkyl halides is 2. The largest absolute Gasteiger partial charge is 0.434 e. The van der Waals surface area contributed by atoms with Crippen LogP contribution >= 0.6 is 35.6 Å². The lowest BCUT2D eigenvalue weighted by molar-refractivity contribution is -0.0504. The van der Waals surface area contributed by atoms with Crippen LogP contribution in [0.15, 0.2) is 47.5 Å². The van der Waals surface area contributed by atoms with Gasteiger partial charge in [0, 0.05) is 36.3 Å². The van der Waals surface area contributed by atoms with Gasteiger partial charge in [0.15, 0.2) is 5.96 Å². The van der Waals surface area contributed by atoms with Gasteiger partial charge in [-0.25, -0.2) is 4.99 Å². The molecular weight excluding hydrogens is 529 g/mol. The Bertz CT molecular complexity index is 851. The Morgan fingerprint density at radius 2 is 1.87 bits per heavy atom. The Morgan fingerprint density at radius 1 is 1.17 bits per heavy atom. The van der Waals surface area contributed by atoms with Gasteiger partial charge >= 0.3 is 6.61 Å². The van der Waals surface area contributed by atoms with Crippen LogP contribution in [0.2, 0.25) is 5.02 Å². The average molecular weight is 553 g/mol. The smallest absolute Gasteiger partial charge is 0.387 e. The zero-order chi connectivity index (χ0) is 21.2. The standard InChI is InChI=1S/C20H23ClF2N4O2.HI/c1-3-25-20(26-11-13-4-6-14(7-5-13)18(28)24-2)27-12-15-10-16(21)8-9-17(15)29-19(22)23;/h4-10,19H,3,11-12H2,1-2H3,(H,24,28)(H2,25,26,27);1H. The number of halogens is 4. The first-order valence-electron chi connectivity index (χ1n) is 8.99. The van der Waals surface area contributed by atoms with Crippen LogP contribution in [0.5, 0.6) is 5.75 Å². The Labute approximate surface area is 196 Å². The third-order valence-corrected chi connectivity index (χ3v) is 4.13. The van der Waals surface area contributed by atoms with Crippen molar-refractivity contribution < 1.29 is 18.3 Å². The summed E-state index contributed by atoms with van der Waals surface area (Å²) in [5, 5.41) is 9.15. The molecule has 10 heteroatoms. The van der Waals surface area contributed by atoms with Gasteiger partial charge in [-0.05, 0) is 42.8 Å². The zero-order valence-electron chi connectivity index (χ0n) is 16.5. The van der Waals surface area contributed by atoms with E-state index in [0.717, 1.165) is 5.56 Å². The van der Waals surface area contributed by atoms with Crippen molar-refractivity contribution >= 4 is 47.4 Å². The molecular formula is C20H24ClF2IN4O2. The maximum absolute atomic E-state index is 12.6. The van der Waals surface area contributed by atoms with Crippen LogP contribution in [0.1, 0.15) is 28.4 Å². The highest BCUT2D eigenvalue weighted by molar-refractivity contribution is 14.0. The van der Waals surface area contributed by atoms with Gasteiger partial charge in [0.05, 0.1) is 6.54 Å². The Kier molecular flexibility index (Phi) is 11.4. The van der Waals surface area contributed by atoms with Crippen molar-refractivity contribution in [3.05, 3.63) is 64.2 Å². The second kappa shape index (κ2) is 13.2. The van der Waals surface area contributed by atoms with Gasteiger partial charge in [-0.15, -0.1) is 24.0 Å². The molecule has 0 bridgehead atoms. The topological polar surface area (TPSA) is 74.8 Å². The maximum atomic E-state index is 12.6. The van der Waals surface area contributed by atoms with E-state index in [1.165, 1.54) is 12.1 Å². The lowest BCUT2D eigenvalue weighted by Gasteiger charge is -2.14. The monoisotopic (exact) mass is 552 g/mol. The number of aliphatic imine (C=N–C) groups is 1. The normalized spacial score (nSPS) is 10.9. The third-order valence-electron chi connectivity index (χ3n) is 3.89. The number of ether oxygens (including phenoxy) is 1. The number of nitrogens with one attached hydrogen (secondary N) is 3. The summed E-state index contributed by atoms with van der Waals surface area (Å²) in [6.07, 6.45) is 0. The summed E-state index contributed by atoms with van der Waals surface area (Å²) in [6.45, 7) is 0.190. The summed E-state index contributed by atoms with van der Waals surface area (Å²) < 4.78 is 29.7. The first-order chi connectivity index (χ1) is 13.9. The number of carbonyl (C=O) groups excluding carboxylic acids is 1. The van der Waals surface area contributed by atoms with Crippen LogP contribution in [-0.4, -0.2) is 32.1 Å². The summed E-state index contributed by atoms with van der Waals surface area (Å²) in [6, 6.07) is 11.6. The molecule has 164 valence electrons. The SMILES string of the molecule is CCNC(=NCc1ccc(C(=O)NC)cc1)NCc1cc(Cl)ccc1OC(F)F.I. The molecule has 0 saturated carbocycles. The fraction of sp³-hybridized carbons (Fsp3) is 0.300. The molecule has 0 aromatic heterocycles. The minimum Gasteiger partial charge on any atom is -0.434 e. The molecule has 0 aliphatic rings. The van der Waals surface area contributed by atoms with Crippen LogP contribution in [0, 0.1) is 0 Å². The summed E-state index contributed by atoms with van der Waals surface area (Å²) >= 11 is 5.97. The van der Waals surface area contributed by atoms with Crippen LogP contribution < -0.4 is 20.7 Å². The van der Waals surface area contributed by atoms with Crippen molar-refractivity contribution in [3.63, 3.8) is 0 Å². The number of hydrogen-bond donors (Lipinski definition) is 3. The number of hydrogen-bond acceptors (Lipinski definition) is 3. The van der Waals surface area contributed by atoms with Gasteiger partial charge in [-0.1, -0.05) is 23.7 Å². The van der Waals surface area contributed by atoms with Crippen molar-refractivity contribution in [1.29, 1.82) is 0 Å². The Morgan fingerprint density at radius 3 is 2.47 bits per heavy atom. The van der Waals surface area contributed by atoms with Crippen LogP contribution in [0.3, 0.4) is 0 Å². The summed E-state index contributed by atoms with van der Waals surface area (Å²) in [5.41, 5.74) is 1.97. The van der Waals surface area contributed by atoms with Crippen molar-refractivity contribution in [2.75, 3.05) is 13.6 Å². The van der Waals surface area contributed by atoms with Gasteiger partial charge in [0.25, 0.3) is 5.91 Å². The molecule has 0 aliphatic heterocycles. The molecule has 0 saturated heterocycles. The number of carbonyl (C=O) groups is 1. The molecule has 1 amide bonds. The molecule has 6 nitrogen and oxygen atoms in total. The van der Waals surface area contributed by atoms with Crippen molar-refractivity contribution in [3.8, 4) is 5.75 Å². The first-order valence-corrected chi connectivity index (χ1v) is 9.37. The quantitative estimate of drug-likeness (QED) is 0.261. The third kappa shape index (κ3) is 8.31. The average Bonchev–Trinajstić information content (AvgIpc) is 2.71. The zero-order valence-corrected chi connectivity index (χ0v) is 19.6. The second-order valence-electron chi connectivity index (χ2n) is 5.96. The molecule has 0 atom stereocenters. The Hall–Kier alpha value is -2.14. The van der Waals surface area contributed by atoms with Gasteiger partial charge in [0.1, 0.15) is 5.75 Å². The molecule has 0 radical (unpaired) electrons. The summed E-state index contributed by atoms with van der Waals surface area (Å²) in [5.74, 6) is 0.404. The number of nitrogens with zero attached hydrogens (tertiary/aromatic N) is 1. The highest BCUT2D eigenvalue weighted by Crippen LogP contribution is 2.24.